The molecule has 1 heterocycles. The molecule has 1 aromatic rings. The van der Waals surface area contributed by atoms with Crippen LogP contribution in [0.5, 0.6) is 0 Å². The van der Waals surface area contributed by atoms with E-state index in [9.17, 15) is 0 Å². The normalized spacial score (nSPS) is 34.8. The summed E-state index contributed by atoms with van der Waals surface area (Å²) in [5, 5.41) is 3.73. The second-order valence-electron chi connectivity index (χ2n) is 7.00. The van der Waals surface area contributed by atoms with Crippen LogP contribution in [0, 0.1) is 5.92 Å². The molecule has 0 bridgehead atoms. The van der Waals surface area contributed by atoms with E-state index in [-0.39, 0.29) is 0 Å². The molecule has 2 fully saturated rings. The van der Waals surface area contributed by atoms with E-state index in [0.717, 1.165) is 18.5 Å². The average molecular weight is 286 g/mol. The maximum atomic E-state index is 3.73. The summed E-state index contributed by atoms with van der Waals surface area (Å²) in [5.41, 5.74) is 1.44. The van der Waals surface area contributed by atoms with E-state index in [1.165, 1.54) is 44.2 Å². The van der Waals surface area contributed by atoms with Crippen molar-refractivity contribution in [3.8, 4) is 0 Å². The molecule has 21 heavy (non-hydrogen) atoms. The fraction of sp³-hybridized carbons (Fsp3) is 0.684. The van der Waals surface area contributed by atoms with Crippen LogP contribution >= 0.6 is 0 Å². The number of benzene rings is 1. The molecule has 1 N–H and O–H groups in total. The van der Waals surface area contributed by atoms with E-state index in [2.05, 4.69) is 54.4 Å². The number of piperazine rings is 1. The van der Waals surface area contributed by atoms with Gasteiger partial charge >= 0.3 is 0 Å². The van der Waals surface area contributed by atoms with Gasteiger partial charge < -0.3 is 5.32 Å². The summed E-state index contributed by atoms with van der Waals surface area (Å²) in [5.74, 6) is 0.990. The first kappa shape index (κ1) is 15.1. The number of hydrogen-bond acceptors (Lipinski definition) is 2. The Labute approximate surface area is 129 Å². The third-order valence-electron chi connectivity index (χ3n) is 5.68. The lowest BCUT2D eigenvalue weighted by atomic mass is 9.83. The number of nitrogens with one attached hydrogen (secondary N) is 1. The van der Waals surface area contributed by atoms with Gasteiger partial charge in [-0.25, -0.2) is 0 Å². The molecule has 1 saturated carbocycles. The van der Waals surface area contributed by atoms with Crippen molar-refractivity contribution in [2.45, 2.75) is 64.1 Å². The summed E-state index contributed by atoms with van der Waals surface area (Å²) < 4.78 is 0. The van der Waals surface area contributed by atoms with Crippen LogP contribution in [0.2, 0.25) is 0 Å². The van der Waals surface area contributed by atoms with Crippen LogP contribution < -0.4 is 5.32 Å². The molecule has 2 aliphatic rings. The first-order valence-electron chi connectivity index (χ1n) is 8.82. The predicted octanol–water partition coefficient (Wildman–Crippen LogP) is 3.99. The second-order valence-corrected chi connectivity index (χ2v) is 7.00. The number of nitrogens with zero attached hydrogens (tertiary/aromatic N) is 1. The maximum Gasteiger partial charge on any atom is 0.0450 e. The minimum absolute atomic E-state index is 0.506. The van der Waals surface area contributed by atoms with Crippen molar-refractivity contribution >= 4 is 0 Å². The van der Waals surface area contributed by atoms with Crippen molar-refractivity contribution < 1.29 is 0 Å². The van der Waals surface area contributed by atoms with Crippen molar-refractivity contribution in [2.75, 3.05) is 13.1 Å². The monoisotopic (exact) mass is 286 g/mol. The van der Waals surface area contributed by atoms with Gasteiger partial charge in [-0.1, -0.05) is 43.7 Å². The minimum atomic E-state index is 0.506. The average Bonchev–Trinajstić information content (AvgIpc) is 2.56. The van der Waals surface area contributed by atoms with Crippen LogP contribution in [-0.4, -0.2) is 30.1 Å². The predicted molar refractivity (Wildman–Crippen MR) is 89.4 cm³/mol. The van der Waals surface area contributed by atoms with Gasteiger partial charge in [0.1, 0.15) is 0 Å². The van der Waals surface area contributed by atoms with Crippen LogP contribution in [0.1, 0.15) is 57.6 Å². The number of hydrogen-bond donors (Lipinski definition) is 1. The second kappa shape index (κ2) is 6.93. The zero-order chi connectivity index (χ0) is 14.7. The van der Waals surface area contributed by atoms with E-state index in [0.29, 0.717) is 12.1 Å². The zero-order valence-corrected chi connectivity index (χ0v) is 13.6. The van der Waals surface area contributed by atoms with Gasteiger partial charge in [0.2, 0.25) is 0 Å². The van der Waals surface area contributed by atoms with Gasteiger partial charge in [-0.15, -0.1) is 0 Å². The maximum absolute atomic E-state index is 3.73. The Bertz CT molecular complexity index is 422. The summed E-state index contributed by atoms with van der Waals surface area (Å²) in [6, 6.07) is 13.0. The summed E-state index contributed by atoms with van der Waals surface area (Å²) in [4.78, 5) is 2.79. The SMILES string of the molecule is CCC1CCC(N2CC(c3ccccc3)NCC2C)CC1. The van der Waals surface area contributed by atoms with Crippen molar-refractivity contribution in [3.05, 3.63) is 35.9 Å². The topological polar surface area (TPSA) is 15.3 Å². The quantitative estimate of drug-likeness (QED) is 0.904. The lowest BCUT2D eigenvalue weighted by Crippen LogP contribution is -2.55. The molecule has 0 amide bonds. The molecule has 116 valence electrons. The fourth-order valence-electron chi connectivity index (χ4n) is 4.19. The molecular formula is C19H30N2. The van der Waals surface area contributed by atoms with Crippen molar-refractivity contribution in [3.63, 3.8) is 0 Å². The lowest BCUT2D eigenvalue weighted by Gasteiger charge is -2.45. The molecule has 1 aliphatic heterocycles. The highest BCUT2D eigenvalue weighted by Crippen LogP contribution is 2.32. The van der Waals surface area contributed by atoms with Crippen molar-refractivity contribution in [1.82, 2.24) is 10.2 Å². The van der Waals surface area contributed by atoms with Gasteiger partial charge in [0, 0.05) is 31.2 Å². The van der Waals surface area contributed by atoms with E-state index < -0.39 is 0 Å². The molecule has 1 saturated heterocycles. The van der Waals surface area contributed by atoms with Crippen molar-refractivity contribution in [1.29, 1.82) is 0 Å². The Morgan fingerprint density at radius 2 is 1.81 bits per heavy atom. The van der Waals surface area contributed by atoms with Gasteiger partial charge in [-0.2, -0.15) is 0 Å². The Morgan fingerprint density at radius 1 is 1.10 bits per heavy atom. The molecule has 3 rings (SSSR count). The number of rotatable bonds is 3. The zero-order valence-electron chi connectivity index (χ0n) is 13.6. The first-order chi connectivity index (χ1) is 10.3. The highest BCUT2D eigenvalue weighted by Gasteiger charge is 2.32. The summed E-state index contributed by atoms with van der Waals surface area (Å²) in [7, 11) is 0. The van der Waals surface area contributed by atoms with Gasteiger partial charge in [0.25, 0.3) is 0 Å². The molecule has 2 atom stereocenters. The van der Waals surface area contributed by atoms with Crippen LogP contribution in [0.25, 0.3) is 0 Å². The lowest BCUT2D eigenvalue weighted by molar-refractivity contribution is 0.0600. The first-order valence-corrected chi connectivity index (χ1v) is 8.82. The fourth-order valence-corrected chi connectivity index (χ4v) is 4.19. The van der Waals surface area contributed by atoms with Crippen LogP contribution in [0.15, 0.2) is 30.3 Å². The van der Waals surface area contributed by atoms with Crippen LogP contribution in [-0.2, 0) is 0 Å². The summed E-state index contributed by atoms with van der Waals surface area (Å²) in [6.07, 6.45) is 7.06. The van der Waals surface area contributed by atoms with E-state index >= 15 is 0 Å². The van der Waals surface area contributed by atoms with Crippen molar-refractivity contribution in [2.24, 2.45) is 5.92 Å². The standard InChI is InChI=1S/C19H30N2/c1-3-16-9-11-18(12-10-16)21-14-19(20-13-15(21)2)17-7-5-4-6-8-17/h4-8,15-16,18-20H,3,9-14H2,1-2H3. The summed E-state index contributed by atoms with van der Waals surface area (Å²) >= 11 is 0. The molecule has 1 aromatic carbocycles. The van der Waals surface area contributed by atoms with E-state index in [4.69, 9.17) is 0 Å². The largest absolute Gasteiger partial charge is 0.307 e. The molecule has 0 aromatic heterocycles. The Balaban J connectivity index is 1.64. The smallest absolute Gasteiger partial charge is 0.0450 e. The molecule has 2 unspecified atom stereocenters. The third kappa shape index (κ3) is 3.49. The van der Waals surface area contributed by atoms with Gasteiger partial charge in [0.05, 0.1) is 0 Å². The van der Waals surface area contributed by atoms with E-state index in [1.807, 2.05) is 0 Å². The Kier molecular flexibility index (Phi) is 4.97. The Hall–Kier alpha value is -0.860. The Morgan fingerprint density at radius 3 is 2.48 bits per heavy atom. The molecule has 0 spiro atoms. The third-order valence-corrected chi connectivity index (χ3v) is 5.68. The highest BCUT2D eigenvalue weighted by atomic mass is 15.3. The molecule has 0 radical (unpaired) electrons. The molecule has 2 heteroatoms. The molecule has 1 aliphatic carbocycles. The van der Waals surface area contributed by atoms with Crippen LogP contribution in [0.4, 0.5) is 0 Å². The summed E-state index contributed by atoms with van der Waals surface area (Å²) in [6.45, 7) is 7.03. The van der Waals surface area contributed by atoms with Gasteiger partial charge in [0.15, 0.2) is 0 Å². The van der Waals surface area contributed by atoms with E-state index in [1.54, 1.807) is 0 Å². The van der Waals surface area contributed by atoms with Gasteiger partial charge in [-0.05, 0) is 44.1 Å². The molecule has 2 nitrogen and oxygen atoms in total. The van der Waals surface area contributed by atoms with Crippen LogP contribution in [0.3, 0.4) is 0 Å². The highest BCUT2D eigenvalue weighted by molar-refractivity contribution is 5.20. The van der Waals surface area contributed by atoms with Gasteiger partial charge in [-0.3, -0.25) is 4.90 Å². The molecular weight excluding hydrogens is 256 g/mol. The minimum Gasteiger partial charge on any atom is -0.307 e.